The molecule has 0 bridgehead atoms. The number of nitrogens with one attached hydrogen (secondary N) is 1. The fourth-order valence-electron chi connectivity index (χ4n) is 1.65. The summed E-state index contributed by atoms with van der Waals surface area (Å²) in [5.74, 6) is 0. The molecule has 0 saturated carbocycles. The Morgan fingerprint density at radius 3 is 2.90 bits per heavy atom. The van der Waals surface area contributed by atoms with E-state index in [-0.39, 0.29) is 10.6 Å². The molecule has 1 N–H and O–H groups in total. The molecule has 0 saturated heterocycles. The van der Waals surface area contributed by atoms with Gasteiger partial charge in [-0.05, 0) is 24.6 Å². The van der Waals surface area contributed by atoms with Gasteiger partial charge < -0.3 is 5.32 Å². The van der Waals surface area contributed by atoms with Crippen LogP contribution in [0.2, 0.25) is 0 Å². The molecule has 2 aromatic rings. The van der Waals surface area contributed by atoms with Crippen molar-refractivity contribution in [3.05, 3.63) is 46.9 Å². The highest BCUT2D eigenvalue weighted by atomic mass is 32.2. The quantitative estimate of drug-likeness (QED) is 0.499. The lowest BCUT2D eigenvalue weighted by atomic mass is 10.2. The highest BCUT2D eigenvalue weighted by Crippen LogP contribution is 2.38. The highest BCUT2D eigenvalue weighted by Gasteiger charge is 2.20. The summed E-state index contributed by atoms with van der Waals surface area (Å²) in [7, 11) is 0. The Labute approximate surface area is 120 Å². The van der Waals surface area contributed by atoms with E-state index in [2.05, 4.69) is 15.3 Å². The third-order valence-corrected chi connectivity index (χ3v) is 3.52. The molecule has 0 spiro atoms. The zero-order valence-corrected chi connectivity index (χ0v) is 11.8. The summed E-state index contributed by atoms with van der Waals surface area (Å²) in [6.07, 6.45) is 3.94. The molecule has 1 aromatic heterocycles. The Bertz CT molecular complexity index is 592. The van der Waals surface area contributed by atoms with E-state index >= 15 is 0 Å². The van der Waals surface area contributed by atoms with Crippen molar-refractivity contribution in [1.29, 1.82) is 0 Å². The zero-order chi connectivity index (χ0) is 14.4. The molecule has 1 aromatic carbocycles. The summed E-state index contributed by atoms with van der Waals surface area (Å²) < 4.78 is 0. The van der Waals surface area contributed by atoms with E-state index in [1.807, 2.05) is 6.92 Å². The average molecular weight is 290 g/mol. The van der Waals surface area contributed by atoms with Crippen LogP contribution in [-0.4, -0.2) is 21.4 Å². The molecular formula is C13H14N4O2S. The minimum absolute atomic E-state index is 0.0876. The molecule has 0 fully saturated rings. The number of nitro groups is 1. The Hall–Kier alpha value is -2.15. The molecule has 0 aliphatic heterocycles. The van der Waals surface area contributed by atoms with Crippen molar-refractivity contribution >= 4 is 23.1 Å². The molecule has 20 heavy (non-hydrogen) atoms. The third kappa shape index (κ3) is 3.45. The monoisotopic (exact) mass is 290 g/mol. The number of hydrogen-bond acceptors (Lipinski definition) is 6. The smallest absolute Gasteiger partial charge is 0.306 e. The van der Waals surface area contributed by atoms with Gasteiger partial charge in [0, 0.05) is 12.7 Å². The number of anilines is 1. The Morgan fingerprint density at radius 2 is 2.25 bits per heavy atom. The van der Waals surface area contributed by atoms with Gasteiger partial charge in [0.25, 0.3) is 0 Å². The number of hydrogen-bond donors (Lipinski definition) is 1. The standard InChI is InChI=1S/C13H14N4O2S/c1-2-7-15-10-4-3-5-11(13(10)17(18)19)20-12-6-8-14-9-16-12/h3-6,8-9,15H,2,7H2,1H3. The number of rotatable bonds is 6. The number of nitro benzene ring substituents is 1. The molecule has 6 nitrogen and oxygen atoms in total. The van der Waals surface area contributed by atoms with Crippen molar-refractivity contribution < 1.29 is 4.92 Å². The Morgan fingerprint density at radius 1 is 1.40 bits per heavy atom. The predicted octanol–water partition coefficient (Wildman–Crippen LogP) is 3.36. The van der Waals surface area contributed by atoms with Gasteiger partial charge in [-0.15, -0.1) is 0 Å². The molecule has 2 rings (SSSR count). The first-order valence-corrected chi connectivity index (χ1v) is 6.99. The Kier molecular flexibility index (Phi) is 4.89. The van der Waals surface area contributed by atoms with Crippen LogP contribution < -0.4 is 5.32 Å². The number of nitrogens with zero attached hydrogens (tertiary/aromatic N) is 3. The lowest BCUT2D eigenvalue weighted by Crippen LogP contribution is -2.04. The second-order valence-corrected chi connectivity index (χ2v) is 5.05. The molecule has 0 amide bonds. The van der Waals surface area contributed by atoms with Gasteiger partial charge in [-0.3, -0.25) is 10.1 Å². The van der Waals surface area contributed by atoms with Crippen LogP contribution in [0.4, 0.5) is 11.4 Å². The van der Waals surface area contributed by atoms with Crippen LogP contribution in [0.15, 0.2) is 46.7 Å². The minimum atomic E-state index is -0.360. The summed E-state index contributed by atoms with van der Waals surface area (Å²) in [6.45, 7) is 2.71. The van der Waals surface area contributed by atoms with Crippen LogP contribution in [0.1, 0.15) is 13.3 Å². The van der Waals surface area contributed by atoms with Gasteiger partial charge in [-0.2, -0.15) is 0 Å². The van der Waals surface area contributed by atoms with Crippen molar-refractivity contribution in [3.8, 4) is 0 Å². The summed E-state index contributed by atoms with van der Waals surface area (Å²) >= 11 is 1.26. The second-order valence-electron chi connectivity index (χ2n) is 3.99. The van der Waals surface area contributed by atoms with Gasteiger partial charge >= 0.3 is 5.69 Å². The first-order chi connectivity index (χ1) is 9.72. The fourth-order valence-corrected chi connectivity index (χ4v) is 2.53. The van der Waals surface area contributed by atoms with Crippen LogP contribution in [0.5, 0.6) is 0 Å². The van der Waals surface area contributed by atoms with Crippen molar-refractivity contribution in [1.82, 2.24) is 9.97 Å². The maximum absolute atomic E-state index is 11.3. The van der Waals surface area contributed by atoms with Gasteiger partial charge in [0.15, 0.2) is 0 Å². The molecular weight excluding hydrogens is 276 g/mol. The maximum Gasteiger partial charge on any atom is 0.306 e. The van der Waals surface area contributed by atoms with E-state index in [1.54, 1.807) is 30.5 Å². The highest BCUT2D eigenvalue weighted by molar-refractivity contribution is 7.99. The molecule has 104 valence electrons. The first-order valence-electron chi connectivity index (χ1n) is 6.17. The van der Waals surface area contributed by atoms with Crippen LogP contribution in [0, 0.1) is 10.1 Å². The lowest BCUT2D eigenvalue weighted by Gasteiger charge is -2.08. The van der Waals surface area contributed by atoms with Crippen molar-refractivity contribution in [2.45, 2.75) is 23.3 Å². The number of aromatic nitrogens is 2. The van der Waals surface area contributed by atoms with Crippen LogP contribution >= 0.6 is 11.8 Å². The maximum atomic E-state index is 11.3. The van der Waals surface area contributed by atoms with Crippen molar-refractivity contribution in [3.63, 3.8) is 0 Å². The largest absolute Gasteiger partial charge is 0.379 e. The fraction of sp³-hybridized carbons (Fsp3) is 0.231. The van der Waals surface area contributed by atoms with Crippen molar-refractivity contribution in [2.24, 2.45) is 0 Å². The molecule has 7 heteroatoms. The summed E-state index contributed by atoms with van der Waals surface area (Å²) in [6, 6.07) is 6.97. The molecule has 0 unspecified atom stereocenters. The van der Waals surface area contributed by atoms with Crippen LogP contribution in [0.3, 0.4) is 0 Å². The van der Waals surface area contributed by atoms with Crippen molar-refractivity contribution in [2.75, 3.05) is 11.9 Å². The summed E-state index contributed by atoms with van der Waals surface area (Å²) in [5, 5.41) is 15.1. The summed E-state index contributed by atoms with van der Waals surface area (Å²) in [5.41, 5.74) is 0.625. The van der Waals surface area contributed by atoms with Gasteiger partial charge in [0.2, 0.25) is 0 Å². The van der Waals surface area contributed by atoms with Gasteiger partial charge in [0.05, 0.1) is 9.82 Å². The third-order valence-electron chi connectivity index (χ3n) is 2.52. The Balaban J connectivity index is 2.34. The van der Waals surface area contributed by atoms with Gasteiger partial charge in [-0.1, -0.05) is 24.8 Å². The lowest BCUT2D eigenvalue weighted by molar-refractivity contribution is -0.386. The second kappa shape index (κ2) is 6.85. The van der Waals surface area contributed by atoms with Gasteiger partial charge in [-0.25, -0.2) is 9.97 Å². The average Bonchev–Trinajstić information content (AvgIpc) is 2.46. The number of para-hydroxylation sites is 1. The first kappa shape index (κ1) is 14.3. The molecule has 0 aliphatic carbocycles. The predicted molar refractivity (Wildman–Crippen MR) is 78.0 cm³/mol. The molecule has 0 radical (unpaired) electrons. The SMILES string of the molecule is CCCNc1cccc(Sc2ccncn2)c1[N+](=O)[O-]. The van der Waals surface area contributed by atoms with E-state index in [4.69, 9.17) is 0 Å². The van der Waals surface area contributed by atoms with Crippen LogP contribution in [0.25, 0.3) is 0 Å². The van der Waals surface area contributed by atoms with Gasteiger partial charge in [0.1, 0.15) is 17.0 Å². The summed E-state index contributed by atoms with van der Waals surface area (Å²) in [4.78, 5) is 19.4. The molecule has 1 heterocycles. The van der Waals surface area contributed by atoms with E-state index in [0.29, 0.717) is 22.2 Å². The van der Waals surface area contributed by atoms with E-state index in [9.17, 15) is 10.1 Å². The zero-order valence-electron chi connectivity index (χ0n) is 10.9. The number of benzene rings is 1. The molecule has 0 atom stereocenters. The van der Waals surface area contributed by atoms with Crippen LogP contribution in [-0.2, 0) is 0 Å². The van der Waals surface area contributed by atoms with E-state index in [1.165, 1.54) is 18.1 Å². The van der Waals surface area contributed by atoms with E-state index in [0.717, 1.165) is 6.42 Å². The van der Waals surface area contributed by atoms with E-state index < -0.39 is 0 Å². The minimum Gasteiger partial charge on any atom is -0.379 e. The topological polar surface area (TPSA) is 81.0 Å². The normalized spacial score (nSPS) is 10.2. The molecule has 0 aliphatic rings.